The molecule has 2 saturated carbocycles. The number of nitrogens with zero attached hydrogens (tertiary/aromatic N) is 3. The van der Waals surface area contributed by atoms with Gasteiger partial charge in [-0.15, -0.1) is 0 Å². The summed E-state index contributed by atoms with van der Waals surface area (Å²) in [6, 6.07) is 12.5. The number of hydrogen-bond acceptors (Lipinski definition) is 5. The lowest BCUT2D eigenvalue weighted by atomic mass is 9.86. The van der Waals surface area contributed by atoms with E-state index in [2.05, 4.69) is 31.1 Å². The molecule has 3 unspecified atom stereocenters. The molecule has 38 heavy (non-hydrogen) atoms. The average molecular weight is 517 g/mol. The molecule has 1 heterocycles. The number of aromatic nitrogens is 1. The lowest BCUT2D eigenvalue weighted by molar-refractivity contribution is -0.130. The Labute approximate surface area is 226 Å². The first-order valence-corrected chi connectivity index (χ1v) is 13.9. The van der Waals surface area contributed by atoms with Gasteiger partial charge in [-0.05, 0) is 54.9 Å². The molecule has 2 aliphatic rings. The van der Waals surface area contributed by atoms with Crippen molar-refractivity contribution in [1.82, 2.24) is 10.3 Å². The standard InChI is InChI=1S/C31H40N4O3/c1-31(2,3)22-14-16-24(17-15-22)35(30(38)26-13-7-12-25(26)27(36)19-32)28(21-9-8-18-33-20-21)29(37)34-23-10-5-4-6-11-23/h8-9,14-18,20,23,25-28,36H,4-7,10-13H2,1-3H3,(H,34,37)/t25?,26-,27?,28?/m0/s1. The largest absolute Gasteiger partial charge is 0.378 e. The van der Waals surface area contributed by atoms with Crippen molar-refractivity contribution in [1.29, 1.82) is 5.26 Å². The second kappa shape index (κ2) is 12.1. The van der Waals surface area contributed by atoms with Gasteiger partial charge in [-0.1, -0.05) is 64.7 Å². The summed E-state index contributed by atoms with van der Waals surface area (Å²) in [4.78, 5) is 34.2. The minimum absolute atomic E-state index is 0.0675. The topological polar surface area (TPSA) is 106 Å². The van der Waals surface area contributed by atoms with Gasteiger partial charge in [-0.3, -0.25) is 19.5 Å². The molecule has 0 aliphatic heterocycles. The van der Waals surface area contributed by atoms with Gasteiger partial charge in [-0.25, -0.2) is 0 Å². The summed E-state index contributed by atoms with van der Waals surface area (Å²) in [5, 5.41) is 23.1. The fourth-order valence-corrected chi connectivity index (χ4v) is 5.96. The van der Waals surface area contributed by atoms with E-state index in [1.165, 1.54) is 6.42 Å². The highest BCUT2D eigenvalue weighted by molar-refractivity contribution is 6.02. The number of carbonyl (C=O) groups is 2. The van der Waals surface area contributed by atoms with E-state index in [9.17, 15) is 20.0 Å². The molecule has 2 fully saturated rings. The number of hydrogen-bond donors (Lipinski definition) is 2. The zero-order chi connectivity index (χ0) is 27.3. The normalized spacial score (nSPS) is 21.8. The fourth-order valence-electron chi connectivity index (χ4n) is 5.96. The van der Waals surface area contributed by atoms with Crippen LogP contribution in [0.15, 0.2) is 48.8 Å². The highest BCUT2D eigenvalue weighted by atomic mass is 16.3. The molecule has 0 bridgehead atoms. The molecule has 2 N–H and O–H groups in total. The van der Waals surface area contributed by atoms with Crippen molar-refractivity contribution in [2.75, 3.05) is 4.90 Å². The van der Waals surface area contributed by atoms with E-state index in [0.29, 0.717) is 24.1 Å². The minimum atomic E-state index is -1.22. The Balaban J connectivity index is 1.78. The number of aliphatic hydroxyl groups excluding tert-OH is 1. The van der Waals surface area contributed by atoms with E-state index >= 15 is 0 Å². The molecule has 1 aromatic heterocycles. The van der Waals surface area contributed by atoms with Crippen LogP contribution >= 0.6 is 0 Å². The Bertz CT molecular complexity index is 1130. The van der Waals surface area contributed by atoms with E-state index in [1.807, 2.05) is 36.4 Å². The summed E-state index contributed by atoms with van der Waals surface area (Å²) in [7, 11) is 0. The number of anilines is 1. The first-order valence-electron chi connectivity index (χ1n) is 13.9. The van der Waals surface area contributed by atoms with Crippen LogP contribution in [-0.2, 0) is 15.0 Å². The summed E-state index contributed by atoms with van der Waals surface area (Å²) >= 11 is 0. The number of nitrogens with one attached hydrogen (secondary N) is 1. The average Bonchev–Trinajstić information content (AvgIpc) is 3.41. The van der Waals surface area contributed by atoms with Crippen LogP contribution in [0.3, 0.4) is 0 Å². The quantitative estimate of drug-likeness (QED) is 0.492. The Morgan fingerprint density at radius 2 is 1.76 bits per heavy atom. The molecule has 1 aromatic carbocycles. The molecule has 2 aliphatic carbocycles. The number of aliphatic hydroxyl groups is 1. The molecule has 0 spiro atoms. The van der Waals surface area contributed by atoms with Crippen LogP contribution in [0.4, 0.5) is 5.69 Å². The van der Waals surface area contributed by atoms with Crippen LogP contribution in [0.25, 0.3) is 0 Å². The second-order valence-corrected chi connectivity index (χ2v) is 11.8. The monoisotopic (exact) mass is 516 g/mol. The first kappa shape index (κ1) is 27.8. The van der Waals surface area contributed by atoms with Crippen molar-refractivity contribution >= 4 is 17.5 Å². The fraction of sp³-hybridized carbons (Fsp3) is 0.548. The van der Waals surface area contributed by atoms with Gasteiger partial charge < -0.3 is 10.4 Å². The van der Waals surface area contributed by atoms with Gasteiger partial charge in [0.2, 0.25) is 11.8 Å². The van der Waals surface area contributed by atoms with Gasteiger partial charge in [0.1, 0.15) is 12.1 Å². The van der Waals surface area contributed by atoms with Crippen molar-refractivity contribution in [3.63, 3.8) is 0 Å². The number of amides is 2. The van der Waals surface area contributed by atoms with Gasteiger partial charge in [0.15, 0.2) is 0 Å². The van der Waals surface area contributed by atoms with E-state index in [-0.39, 0.29) is 23.3 Å². The molecule has 0 saturated heterocycles. The number of rotatable bonds is 7. The zero-order valence-electron chi connectivity index (χ0n) is 22.8. The van der Waals surface area contributed by atoms with Crippen LogP contribution in [0.5, 0.6) is 0 Å². The summed E-state index contributed by atoms with van der Waals surface area (Å²) in [6.07, 6.45) is 9.20. The SMILES string of the molecule is CC(C)(C)c1ccc(N(C(=O)[C@H]2CCCC2C(O)C#N)C(C(=O)NC2CCCCC2)c2cccnc2)cc1. The van der Waals surface area contributed by atoms with Crippen molar-refractivity contribution in [3.05, 3.63) is 59.9 Å². The molecule has 4 rings (SSSR count). The van der Waals surface area contributed by atoms with Crippen LogP contribution < -0.4 is 10.2 Å². The predicted octanol–water partition coefficient (Wildman–Crippen LogP) is 5.20. The highest BCUT2D eigenvalue weighted by Gasteiger charge is 2.43. The second-order valence-electron chi connectivity index (χ2n) is 11.8. The molecule has 202 valence electrons. The van der Waals surface area contributed by atoms with Gasteiger partial charge in [0, 0.05) is 41.5 Å². The van der Waals surface area contributed by atoms with E-state index in [0.717, 1.165) is 37.7 Å². The first-order chi connectivity index (χ1) is 18.2. The van der Waals surface area contributed by atoms with Crippen LogP contribution in [0, 0.1) is 23.2 Å². The van der Waals surface area contributed by atoms with E-state index in [1.54, 1.807) is 23.4 Å². The summed E-state index contributed by atoms with van der Waals surface area (Å²) in [6.45, 7) is 6.40. The smallest absolute Gasteiger partial charge is 0.248 e. The maximum absolute atomic E-state index is 14.4. The number of carbonyl (C=O) groups excluding carboxylic acids is 2. The molecule has 4 atom stereocenters. The molecular weight excluding hydrogens is 476 g/mol. The number of benzene rings is 1. The Hall–Kier alpha value is -3.24. The lowest BCUT2D eigenvalue weighted by Crippen LogP contribution is -2.49. The third-order valence-electron chi connectivity index (χ3n) is 8.13. The third-order valence-corrected chi connectivity index (χ3v) is 8.13. The van der Waals surface area contributed by atoms with Crippen LogP contribution in [-0.4, -0.2) is 34.1 Å². The van der Waals surface area contributed by atoms with Gasteiger partial charge in [0.05, 0.1) is 6.07 Å². The molecule has 7 nitrogen and oxygen atoms in total. The van der Waals surface area contributed by atoms with Crippen molar-refractivity contribution in [2.24, 2.45) is 11.8 Å². The van der Waals surface area contributed by atoms with Crippen LogP contribution in [0.1, 0.15) is 89.3 Å². The Morgan fingerprint density at radius 1 is 1.05 bits per heavy atom. The Kier molecular flexibility index (Phi) is 8.83. The maximum Gasteiger partial charge on any atom is 0.248 e. The zero-order valence-corrected chi connectivity index (χ0v) is 22.8. The molecule has 7 heteroatoms. The van der Waals surface area contributed by atoms with Gasteiger partial charge in [0.25, 0.3) is 0 Å². The minimum Gasteiger partial charge on any atom is -0.378 e. The summed E-state index contributed by atoms with van der Waals surface area (Å²) in [5.74, 6) is -1.47. The Morgan fingerprint density at radius 3 is 2.37 bits per heavy atom. The molecule has 2 amide bonds. The molecule has 2 aromatic rings. The summed E-state index contributed by atoms with van der Waals surface area (Å²) < 4.78 is 0. The van der Waals surface area contributed by atoms with Gasteiger partial charge in [-0.2, -0.15) is 5.26 Å². The molecule has 0 radical (unpaired) electrons. The van der Waals surface area contributed by atoms with Crippen molar-refractivity contribution < 1.29 is 14.7 Å². The van der Waals surface area contributed by atoms with Gasteiger partial charge >= 0.3 is 0 Å². The lowest BCUT2D eigenvalue weighted by Gasteiger charge is -2.36. The third kappa shape index (κ3) is 6.24. The predicted molar refractivity (Wildman–Crippen MR) is 147 cm³/mol. The maximum atomic E-state index is 14.4. The van der Waals surface area contributed by atoms with Crippen LogP contribution in [0.2, 0.25) is 0 Å². The van der Waals surface area contributed by atoms with Crippen molar-refractivity contribution in [2.45, 2.75) is 95.7 Å². The highest BCUT2D eigenvalue weighted by Crippen LogP contribution is 2.39. The number of nitriles is 1. The van der Waals surface area contributed by atoms with Crippen molar-refractivity contribution in [3.8, 4) is 6.07 Å². The summed E-state index contributed by atoms with van der Waals surface area (Å²) in [5.41, 5.74) is 2.30. The number of pyridine rings is 1. The molecular formula is C31H40N4O3. The van der Waals surface area contributed by atoms with E-state index < -0.39 is 24.0 Å². The van der Waals surface area contributed by atoms with E-state index in [4.69, 9.17) is 0 Å².